The normalized spacial score (nSPS) is 29.8. The Bertz CT molecular complexity index is 621. The van der Waals surface area contributed by atoms with Gasteiger partial charge >= 0.3 is 0 Å². The number of fused-ring (bicyclic) bond motifs is 1. The van der Waals surface area contributed by atoms with E-state index in [2.05, 4.69) is 10.1 Å². The molecule has 26 heavy (non-hydrogen) atoms. The fraction of sp³-hybridized carbons (Fsp3) is 0.789. The van der Waals surface area contributed by atoms with Gasteiger partial charge in [-0.05, 0) is 44.4 Å². The van der Waals surface area contributed by atoms with Crippen LogP contribution in [-0.2, 0) is 20.9 Å². The molecule has 0 radical (unpaired) electrons. The van der Waals surface area contributed by atoms with Gasteiger partial charge < -0.3 is 9.26 Å². The molecule has 7 heteroatoms. The van der Waals surface area contributed by atoms with E-state index in [4.69, 9.17) is 14.1 Å². The Morgan fingerprint density at radius 1 is 1.23 bits per heavy atom. The maximum Gasteiger partial charge on any atom is 0.246 e. The van der Waals surface area contributed by atoms with Crippen molar-refractivity contribution in [2.75, 3.05) is 39.5 Å². The summed E-state index contributed by atoms with van der Waals surface area (Å²) in [4.78, 5) is 20.6. The van der Waals surface area contributed by atoms with Crippen LogP contribution < -0.4 is 0 Å². The van der Waals surface area contributed by atoms with Gasteiger partial charge in [0.2, 0.25) is 5.91 Å². The summed E-state index contributed by atoms with van der Waals surface area (Å²) in [5, 5.41) is 5.64. The van der Waals surface area contributed by atoms with Crippen LogP contribution in [0.3, 0.4) is 0 Å². The van der Waals surface area contributed by atoms with Crippen LogP contribution in [0.2, 0.25) is 0 Å². The molecule has 7 nitrogen and oxygen atoms in total. The van der Waals surface area contributed by atoms with Crippen LogP contribution in [0.5, 0.6) is 0 Å². The minimum atomic E-state index is 0.114. The van der Waals surface area contributed by atoms with Gasteiger partial charge in [0.1, 0.15) is 5.76 Å². The van der Waals surface area contributed by atoms with Crippen molar-refractivity contribution in [1.29, 1.82) is 0 Å². The maximum atomic E-state index is 12.6. The number of amides is 1. The Hall–Kier alpha value is -1.44. The van der Waals surface area contributed by atoms with Crippen LogP contribution in [0.1, 0.15) is 36.3 Å². The summed E-state index contributed by atoms with van der Waals surface area (Å²) in [6, 6.07) is 0. The molecule has 3 saturated heterocycles. The molecule has 4 heterocycles. The molecule has 3 aliphatic heterocycles. The van der Waals surface area contributed by atoms with E-state index in [9.17, 15) is 4.79 Å². The molecule has 144 valence electrons. The van der Waals surface area contributed by atoms with Gasteiger partial charge in [0.25, 0.3) is 0 Å². The van der Waals surface area contributed by atoms with E-state index >= 15 is 0 Å². The lowest BCUT2D eigenvalue weighted by Gasteiger charge is -2.34. The third-order valence-corrected chi connectivity index (χ3v) is 6.12. The molecule has 3 fully saturated rings. The van der Waals surface area contributed by atoms with E-state index < -0.39 is 0 Å². The van der Waals surface area contributed by atoms with Crippen LogP contribution in [0.25, 0.3) is 0 Å². The zero-order valence-electron chi connectivity index (χ0n) is 15.8. The lowest BCUT2D eigenvalue weighted by atomic mass is 9.81. The highest BCUT2D eigenvalue weighted by Gasteiger charge is 2.42. The molecular weight excluding hydrogens is 334 g/mol. The summed E-state index contributed by atoms with van der Waals surface area (Å²) in [5.41, 5.74) is 2.17. The smallest absolute Gasteiger partial charge is 0.246 e. The Balaban J connectivity index is 1.37. The molecule has 3 aliphatic rings. The third kappa shape index (κ3) is 3.66. The molecule has 1 amide bonds. The number of aromatic nitrogens is 1. The first-order chi connectivity index (χ1) is 12.6. The van der Waals surface area contributed by atoms with Gasteiger partial charge in [-0.15, -0.1) is 0 Å². The first kappa shape index (κ1) is 17.9. The van der Waals surface area contributed by atoms with E-state index in [-0.39, 0.29) is 11.8 Å². The van der Waals surface area contributed by atoms with Gasteiger partial charge in [-0.3, -0.25) is 14.5 Å². The van der Waals surface area contributed by atoms with Crippen molar-refractivity contribution in [1.82, 2.24) is 15.1 Å². The first-order valence-corrected chi connectivity index (χ1v) is 9.77. The topological polar surface area (TPSA) is 68.0 Å². The van der Waals surface area contributed by atoms with Gasteiger partial charge in [-0.2, -0.15) is 0 Å². The van der Waals surface area contributed by atoms with E-state index in [1.54, 1.807) is 5.06 Å². The molecule has 1 aromatic rings. The second kappa shape index (κ2) is 7.66. The van der Waals surface area contributed by atoms with Crippen molar-refractivity contribution in [3.8, 4) is 0 Å². The van der Waals surface area contributed by atoms with Gasteiger partial charge in [-0.1, -0.05) is 5.16 Å². The van der Waals surface area contributed by atoms with E-state index in [1.165, 1.54) is 5.56 Å². The van der Waals surface area contributed by atoms with Crippen LogP contribution in [0.15, 0.2) is 4.52 Å². The van der Waals surface area contributed by atoms with Crippen molar-refractivity contribution in [2.24, 2.45) is 17.8 Å². The summed E-state index contributed by atoms with van der Waals surface area (Å²) in [5.74, 6) is 2.31. The quantitative estimate of drug-likeness (QED) is 0.814. The number of rotatable bonds is 4. The average molecular weight is 363 g/mol. The average Bonchev–Trinajstić information content (AvgIpc) is 3.21. The number of likely N-dealkylation sites (tertiary alicyclic amines) is 1. The number of aryl methyl sites for hydroxylation is 2. The van der Waals surface area contributed by atoms with Gasteiger partial charge in [0.15, 0.2) is 0 Å². The Labute approximate surface area is 154 Å². The molecule has 3 atom stereocenters. The fourth-order valence-electron chi connectivity index (χ4n) is 4.60. The SMILES string of the molecule is Cc1noc(C)c1CN1C[C@@H]2COC[C@@H](CC(=O)N3CCCCO3)[C@@H]2C1. The Morgan fingerprint density at radius 3 is 2.85 bits per heavy atom. The third-order valence-electron chi connectivity index (χ3n) is 6.12. The molecule has 0 aromatic carbocycles. The molecule has 0 aliphatic carbocycles. The summed E-state index contributed by atoms with van der Waals surface area (Å²) in [7, 11) is 0. The van der Waals surface area contributed by atoms with E-state index in [0.29, 0.717) is 31.5 Å². The second-order valence-electron chi connectivity index (χ2n) is 7.96. The lowest BCUT2D eigenvalue weighted by Crippen LogP contribution is -2.41. The lowest BCUT2D eigenvalue weighted by molar-refractivity contribution is -0.199. The van der Waals surface area contributed by atoms with Gasteiger partial charge in [0, 0.05) is 38.2 Å². The highest BCUT2D eigenvalue weighted by molar-refractivity contribution is 5.75. The van der Waals surface area contributed by atoms with Crippen molar-refractivity contribution >= 4 is 5.91 Å². The number of ether oxygens (including phenoxy) is 1. The summed E-state index contributed by atoms with van der Waals surface area (Å²) < 4.78 is 11.1. The summed E-state index contributed by atoms with van der Waals surface area (Å²) in [6.07, 6.45) is 2.60. The molecule has 4 rings (SSSR count). The predicted octanol–water partition coefficient (Wildman–Crippen LogP) is 1.93. The molecular formula is C19H29N3O4. The summed E-state index contributed by atoms with van der Waals surface area (Å²) in [6.45, 7) is 9.72. The van der Waals surface area contributed by atoms with Crippen molar-refractivity contribution < 1.29 is 18.9 Å². The van der Waals surface area contributed by atoms with E-state index in [1.807, 2.05) is 13.8 Å². The largest absolute Gasteiger partial charge is 0.381 e. The van der Waals surface area contributed by atoms with Crippen molar-refractivity contribution in [2.45, 2.75) is 39.7 Å². The highest BCUT2D eigenvalue weighted by Crippen LogP contribution is 2.37. The van der Waals surface area contributed by atoms with Crippen molar-refractivity contribution in [3.63, 3.8) is 0 Å². The first-order valence-electron chi connectivity index (χ1n) is 9.77. The van der Waals surface area contributed by atoms with Gasteiger partial charge in [0.05, 0.1) is 25.5 Å². The van der Waals surface area contributed by atoms with Crippen LogP contribution in [0, 0.1) is 31.6 Å². The minimum Gasteiger partial charge on any atom is -0.381 e. The number of carbonyl (C=O) groups excluding carboxylic acids is 1. The second-order valence-corrected chi connectivity index (χ2v) is 7.96. The van der Waals surface area contributed by atoms with E-state index in [0.717, 1.165) is 57.1 Å². The maximum absolute atomic E-state index is 12.6. The molecule has 0 unspecified atom stereocenters. The zero-order chi connectivity index (χ0) is 18.1. The molecule has 0 spiro atoms. The number of hydrogen-bond acceptors (Lipinski definition) is 6. The number of nitrogens with zero attached hydrogens (tertiary/aromatic N) is 3. The predicted molar refractivity (Wildman–Crippen MR) is 94.1 cm³/mol. The van der Waals surface area contributed by atoms with Crippen molar-refractivity contribution in [3.05, 3.63) is 17.0 Å². The molecule has 0 saturated carbocycles. The van der Waals surface area contributed by atoms with Crippen LogP contribution >= 0.6 is 0 Å². The number of carbonyl (C=O) groups is 1. The van der Waals surface area contributed by atoms with Crippen LogP contribution in [0.4, 0.5) is 0 Å². The number of hydroxylamine groups is 2. The summed E-state index contributed by atoms with van der Waals surface area (Å²) >= 11 is 0. The van der Waals surface area contributed by atoms with Gasteiger partial charge in [-0.25, -0.2) is 5.06 Å². The van der Waals surface area contributed by atoms with Crippen LogP contribution in [-0.4, -0.2) is 60.5 Å². The fourth-order valence-corrected chi connectivity index (χ4v) is 4.60. The molecule has 1 aromatic heterocycles. The Kier molecular flexibility index (Phi) is 5.29. The highest BCUT2D eigenvalue weighted by atomic mass is 16.7. The zero-order valence-corrected chi connectivity index (χ0v) is 15.8. The number of hydrogen-bond donors (Lipinski definition) is 0. The minimum absolute atomic E-state index is 0.114. The monoisotopic (exact) mass is 363 g/mol. The Morgan fingerprint density at radius 2 is 2.12 bits per heavy atom. The standard InChI is InChI=1S/C19H29N3O4/c1-13-17(14(2)26-20-13)9-21-8-16-12-24-11-15(18(16)10-21)7-19(23)22-5-3-4-6-25-22/h15-16,18H,3-12H2,1-2H3/t15-,16-,18+/m1/s1. The molecule has 0 bridgehead atoms. The molecule has 0 N–H and O–H groups in total.